The van der Waals surface area contributed by atoms with Crippen LogP contribution in [0.15, 0.2) is 18.2 Å². The minimum atomic E-state index is -1.24. The number of nitrogens with zero attached hydrogens (tertiary/aromatic N) is 2. The number of esters is 1. The summed E-state index contributed by atoms with van der Waals surface area (Å²) in [6.07, 6.45) is 0.214. The van der Waals surface area contributed by atoms with Crippen LogP contribution in [-0.4, -0.2) is 96.4 Å². The zero-order valence-electron chi connectivity index (χ0n) is 29.5. The lowest BCUT2D eigenvalue weighted by Gasteiger charge is -2.62. The van der Waals surface area contributed by atoms with Gasteiger partial charge in [-0.05, 0) is 91.7 Å². The minimum Gasteiger partial charge on any atom is -0.504 e. The highest BCUT2D eigenvalue weighted by Crippen LogP contribution is 2.63. The van der Waals surface area contributed by atoms with Crippen LogP contribution in [0.25, 0.3) is 0 Å². The van der Waals surface area contributed by atoms with E-state index in [2.05, 4.69) is 28.1 Å². The van der Waals surface area contributed by atoms with Crippen molar-refractivity contribution in [2.24, 2.45) is 0 Å². The number of piperazine rings is 1. The van der Waals surface area contributed by atoms with E-state index in [9.17, 15) is 20.1 Å². The molecule has 0 aliphatic carbocycles. The average molecular weight is 718 g/mol. The summed E-state index contributed by atoms with van der Waals surface area (Å²) in [4.78, 5) is 18.9. The van der Waals surface area contributed by atoms with E-state index in [4.69, 9.17) is 23.7 Å². The van der Waals surface area contributed by atoms with Crippen LogP contribution >= 0.6 is 11.8 Å². The molecule has 10 rings (SSSR count). The first kappa shape index (κ1) is 33.0. The van der Waals surface area contributed by atoms with Crippen LogP contribution in [0.5, 0.6) is 34.5 Å². The Bertz CT molecular complexity index is 2010. The van der Waals surface area contributed by atoms with E-state index < -0.39 is 23.8 Å². The maximum atomic E-state index is 14.6. The van der Waals surface area contributed by atoms with Crippen molar-refractivity contribution in [3.05, 3.63) is 68.3 Å². The summed E-state index contributed by atoms with van der Waals surface area (Å²) in [5, 5.41) is 38.4. The largest absolute Gasteiger partial charge is 0.504 e. The number of aromatic hydroxyl groups is 2. The van der Waals surface area contributed by atoms with Crippen LogP contribution in [0.1, 0.15) is 67.4 Å². The summed E-state index contributed by atoms with van der Waals surface area (Å²) in [5.41, 5.74) is 6.95. The molecule has 1 spiro atoms. The van der Waals surface area contributed by atoms with Gasteiger partial charge in [-0.15, -0.1) is 11.8 Å². The van der Waals surface area contributed by atoms with Crippen molar-refractivity contribution < 1.29 is 43.8 Å². The Morgan fingerprint density at radius 1 is 0.980 bits per heavy atom. The van der Waals surface area contributed by atoms with Gasteiger partial charge in [0.05, 0.1) is 32.3 Å². The quantitative estimate of drug-likeness (QED) is 0.286. The number of fused-ring (bicyclic) bond motifs is 9. The molecule has 7 aliphatic heterocycles. The number of hydrogen-bond donors (Lipinski definition) is 4. The van der Waals surface area contributed by atoms with Gasteiger partial charge in [-0.3, -0.25) is 15.1 Å². The molecule has 4 N–H and O–H groups in total. The first-order valence-electron chi connectivity index (χ1n) is 17.5. The topological polar surface area (TPSA) is 142 Å². The summed E-state index contributed by atoms with van der Waals surface area (Å²) in [6.45, 7) is 6.62. The Kier molecular flexibility index (Phi) is 7.48. The van der Waals surface area contributed by atoms with Gasteiger partial charge in [0.2, 0.25) is 6.79 Å². The van der Waals surface area contributed by atoms with Gasteiger partial charge in [-0.2, -0.15) is 0 Å². The summed E-state index contributed by atoms with van der Waals surface area (Å²) >= 11 is 1.63. The molecule has 0 unspecified atom stereocenters. The van der Waals surface area contributed by atoms with Crippen LogP contribution in [-0.2, 0) is 27.9 Å². The molecule has 270 valence electrons. The van der Waals surface area contributed by atoms with Crippen molar-refractivity contribution in [2.75, 3.05) is 47.0 Å². The SMILES string of the molecule is COc1cc2c(cc1O)CCN[C@]21CS[C@@H]2c3c(C)c(C)c4c(c3[C@H](COC1=O)N1[C@@H]2[C@H]2c3c(cc(C)c(OC)c3O)C[C@@H]([C@@H]1O)N2C)OCO4. The summed E-state index contributed by atoms with van der Waals surface area (Å²) in [6, 6.07) is 3.93. The number of aryl methyl sites for hydroxylation is 1. The zero-order chi connectivity index (χ0) is 35.7. The molecule has 0 aromatic heterocycles. The van der Waals surface area contributed by atoms with Crippen LogP contribution in [0.2, 0.25) is 0 Å². The van der Waals surface area contributed by atoms with Crippen molar-refractivity contribution >= 4 is 17.7 Å². The molecule has 0 saturated carbocycles. The van der Waals surface area contributed by atoms with Gasteiger partial charge in [0, 0.05) is 34.7 Å². The predicted molar refractivity (Wildman–Crippen MR) is 188 cm³/mol. The summed E-state index contributed by atoms with van der Waals surface area (Å²) in [5.74, 6) is 2.03. The molecule has 0 amide bonds. The molecule has 2 saturated heterocycles. The van der Waals surface area contributed by atoms with Crippen LogP contribution in [0, 0.1) is 20.8 Å². The number of carbonyl (C=O) groups is 1. The van der Waals surface area contributed by atoms with E-state index in [1.54, 1.807) is 31.0 Å². The fraction of sp³-hybridized carbons (Fsp3) is 0.500. The number of aliphatic hydroxyl groups is 1. The number of phenols is 2. The molecule has 13 heteroatoms. The Labute approximate surface area is 300 Å². The number of phenolic OH excluding ortho intramolecular Hbond substituents is 2. The van der Waals surface area contributed by atoms with E-state index >= 15 is 0 Å². The lowest BCUT2D eigenvalue weighted by molar-refractivity contribution is -0.186. The zero-order valence-corrected chi connectivity index (χ0v) is 30.3. The van der Waals surface area contributed by atoms with Gasteiger partial charge < -0.3 is 39.0 Å². The number of likely N-dealkylation sites (N-methyl/N-ethyl adjacent to an activating group) is 1. The second-order valence-corrected chi connectivity index (χ2v) is 15.8. The Hall–Kier alpha value is -3.88. The second kappa shape index (κ2) is 11.6. The maximum absolute atomic E-state index is 14.6. The van der Waals surface area contributed by atoms with Gasteiger partial charge in [0.1, 0.15) is 12.8 Å². The molecule has 4 bridgehead atoms. The van der Waals surface area contributed by atoms with Crippen molar-refractivity contribution in [1.29, 1.82) is 0 Å². The van der Waals surface area contributed by atoms with E-state index in [-0.39, 0.29) is 59.8 Å². The highest BCUT2D eigenvalue weighted by molar-refractivity contribution is 7.99. The lowest BCUT2D eigenvalue weighted by Crippen LogP contribution is -2.70. The Morgan fingerprint density at radius 3 is 2.53 bits per heavy atom. The molecular formula is C38H43N3O9S. The molecule has 2 fully saturated rings. The van der Waals surface area contributed by atoms with E-state index in [1.165, 1.54) is 7.11 Å². The smallest absolute Gasteiger partial charge is 0.331 e. The molecule has 7 heterocycles. The third-order valence-corrected chi connectivity index (χ3v) is 13.9. The van der Waals surface area contributed by atoms with Crippen LogP contribution < -0.4 is 24.3 Å². The number of methoxy groups -OCH3 is 2. The maximum Gasteiger partial charge on any atom is 0.331 e. The standard InChI is InChI=1S/C38H43N3O9S/c1-16-9-20-10-22-36(44)41-23-13-48-37(45)38(21-12-25(46-5)24(42)11-19(21)7-8-39-38)14-51-35(26-17(2)18(3)33-34(28(23)26)50-15-49-33)30(41)29(40(22)4)27(20)31(43)32(16)47-6/h9,11-12,22-23,29-30,35-36,39,42-44H,7-8,10,13-15H2,1-6H3/t22-,23-,29+,30+,35+,36-,38+/m0/s1. The molecule has 3 aromatic carbocycles. The number of ether oxygens (including phenoxy) is 5. The number of benzene rings is 3. The van der Waals surface area contributed by atoms with Crippen molar-refractivity contribution in [3.63, 3.8) is 0 Å². The minimum absolute atomic E-state index is 0.0233. The van der Waals surface area contributed by atoms with E-state index in [1.807, 2.05) is 20.9 Å². The van der Waals surface area contributed by atoms with Crippen LogP contribution in [0.4, 0.5) is 0 Å². The van der Waals surface area contributed by atoms with Gasteiger partial charge >= 0.3 is 5.97 Å². The fourth-order valence-electron chi connectivity index (χ4n) is 9.95. The third-order valence-electron chi connectivity index (χ3n) is 12.4. The van der Waals surface area contributed by atoms with Gasteiger partial charge in [-0.1, -0.05) is 6.07 Å². The Balaban J connectivity index is 1.29. The fourth-order valence-corrected chi connectivity index (χ4v) is 11.7. The number of hydrogen-bond acceptors (Lipinski definition) is 13. The average Bonchev–Trinajstić information content (AvgIpc) is 3.60. The van der Waals surface area contributed by atoms with Crippen molar-refractivity contribution in [3.8, 4) is 34.5 Å². The number of thioether (sulfide) groups is 1. The number of carbonyl (C=O) groups excluding carboxylic acids is 1. The number of nitrogens with one attached hydrogen (secondary N) is 1. The van der Waals surface area contributed by atoms with Gasteiger partial charge in [0.15, 0.2) is 40.0 Å². The monoisotopic (exact) mass is 717 g/mol. The number of rotatable bonds is 2. The van der Waals surface area contributed by atoms with Crippen molar-refractivity contribution in [2.45, 2.75) is 74.8 Å². The van der Waals surface area contributed by atoms with Crippen LogP contribution in [0.3, 0.4) is 0 Å². The normalized spacial score (nSPS) is 30.6. The second-order valence-electron chi connectivity index (χ2n) is 14.6. The summed E-state index contributed by atoms with van der Waals surface area (Å²) < 4.78 is 30.0. The summed E-state index contributed by atoms with van der Waals surface area (Å²) in [7, 11) is 5.10. The van der Waals surface area contributed by atoms with Gasteiger partial charge in [0.25, 0.3) is 0 Å². The van der Waals surface area contributed by atoms with Gasteiger partial charge in [-0.25, -0.2) is 4.79 Å². The molecule has 0 radical (unpaired) electrons. The molecular weight excluding hydrogens is 674 g/mol. The molecule has 51 heavy (non-hydrogen) atoms. The van der Waals surface area contributed by atoms with E-state index in [0.717, 1.165) is 50.1 Å². The molecule has 7 atom stereocenters. The number of aliphatic hydroxyl groups excluding tert-OH is 1. The van der Waals surface area contributed by atoms with Crippen molar-refractivity contribution in [1.82, 2.24) is 15.1 Å². The molecule has 3 aromatic rings. The molecule has 7 aliphatic rings. The molecule has 12 nitrogen and oxygen atoms in total. The highest BCUT2D eigenvalue weighted by Gasteiger charge is 2.61. The highest BCUT2D eigenvalue weighted by atomic mass is 32.2. The predicted octanol–water partition coefficient (Wildman–Crippen LogP) is 3.80. The first-order valence-corrected chi connectivity index (χ1v) is 18.5. The van der Waals surface area contributed by atoms with E-state index in [0.29, 0.717) is 36.6 Å². The third kappa shape index (κ3) is 4.32. The lowest BCUT2D eigenvalue weighted by atomic mass is 9.72. The first-order chi connectivity index (χ1) is 24.5. The Morgan fingerprint density at radius 2 is 1.76 bits per heavy atom.